The number of nitrogens with one attached hydrogen (secondary N) is 4. The number of rotatable bonds is 10. The van der Waals surface area contributed by atoms with E-state index in [9.17, 15) is 35.1 Å². The maximum atomic E-state index is 13.5. The molecule has 1 aromatic heterocycles. The highest BCUT2D eigenvalue weighted by Crippen LogP contribution is 2.30. The molecule has 2 aromatic carbocycles. The molecular weight excluding hydrogens is 548 g/mol. The van der Waals surface area contributed by atoms with Crippen LogP contribution in [-0.4, -0.2) is 46.1 Å². The second kappa shape index (κ2) is 12.4. The predicted molar refractivity (Wildman–Crippen MR) is 124 cm³/mol. The fourth-order valence-electron chi connectivity index (χ4n) is 2.96. The van der Waals surface area contributed by atoms with Crippen molar-refractivity contribution in [3.63, 3.8) is 0 Å². The van der Waals surface area contributed by atoms with E-state index in [-0.39, 0.29) is 42.6 Å². The topological polar surface area (TPSA) is 83.2 Å². The standard InChI is InChI=1S/C21H20F8N8S/c22-13-1-5-15(6-2-13)33-17(20(24,25)26)34-32-11-30-9-10-31-12-36-19(38)37(18(35-36)21(27,28)29)16-7-3-14(23)4-8-16/h1-8,30-32H,9-12H2,(H,33,34). The minimum Gasteiger partial charge on any atom is -0.302 e. The summed E-state index contributed by atoms with van der Waals surface area (Å²) in [7, 11) is 0. The van der Waals surface area contributed by atoms with Crippen molar-refractivity contribution in [2.75, 3.05) is 19.8 Å². The molecule has 3 rings (SSSR count). The largest absolute Gasteiger partial charge is 0.452 e. The summed E-state index contributed by atoms with van der Waals surface area (Å²) in [5.41, 5.74) is 4.09. The van der Waals surface area contributed by atoms with Gasteiger partial charge in [-0.2, -0.15) is 26.3 Å². The van der Waals surface area contributed by atoms with E-state index in [0.29, 0.717) is 4.57 Å². The van der Waals surface area contributed by atoms with E-state index >= 15 is 0 Å². The van der Waals surface area contributed by atoms with Crippen molar-refractivity contribution in [2.24, 2.45) is 4.99 Å². The summed E-state index contributed by atoms with van der Waals surface area (Å²) in [6.07, 6.45) is -9.64. The average Bonchev–Trinajstić information content (AvgIpc) is 3.17. The normalized spacial score (nSPS) is 12.7. The van der Waals surface area contributed by atoms with Crippen molar-refractivity contribution in [2.45, 2.75) is 19.0 Å². The summed E-state index contributed by atoms with van der Waals surface area (Å²) in [4.78, 5) is 3.40. The Morgan fingerprint density at radius 3 is 2.03 bits per heavy atom. The van der Waals surface area contributed by atoms with E-state index in [1.54, 1.807) is 0 Å². The summed E-state index contributed by atoms with van der Waals surface area (Å²) >= 11 is 5.11. The fourth-order valence-corrected chi connectivity index (χ4v) is 3.26. The lowest BCUT2D eigenvalue weighted by atomic mass is 10.3. The van der Waals surface area contributed by atoms with Gasteiger partial charge in [-0.25, -0.2) is 23.9 Å². The first-order valence-electron chi connectivity index (χ1n) is 10.7. The van der Waals surface area contributed by atoms with E-state index in [1.807, 2.05) is 5.43 Å². The van der Waals surface area contributed by atoms with Crippen molar-refractivity contribution in [3.05, 3.63) is 70.8 Å². The van der Waals surface area contributed by atoms with Crippen molar-refractivity contribution in [3.8, 4) is 5.69 Å². The smallest absolute Gasteiger partial charge is 0.302 e. The molecule has 0 amide bonds. The van der Waals surface area contributed by atoms with Gasteiger partial charge in [0.15, 0.2) is 0 Å². The average molecular weight is 568 g/mol. The Morgan fingerprint density at radius 1 is 0.868 bits per heavy atom. The van der Waals surface area contributed by atoms with Crippen molar-refractivity contribution < 1.29 is 35.1 Å². The first kappa shape index (κ1) is 29.2. The number of hydrogen-bond donors (Lipinski definition) is 4. The molecule has 17 heteroatoms. The third-order valence-corrected chi connectivity index (χ3v) is 5.07. The van der Waals surface area contributed by atoms with Gasteiger partial charge in [0.2, 0.25) is 16.4 Å². The second-order valence-corrected chi connectivity index (χ2v) is 7.85. The molecule has 0 radical (unpaired) electrons. The molecule has 3 aromatic rings. The van der Waals surface area contributed by atoms with Crippen LogP contribution in [0.3, 0.4) is 0 Å². The zero-order valence-electron chi connectivity index (χ0n) is 19.2. The first-order chi connectivity index (χ1) is 17.9. The number of hydrogen-bond acceptors (Lipinski definition) is 6. The number of benzene rings is 2. The van der Waals surface area contributed by atoms with Gasteiger partial charge in [0.05, 0.1) is 24.7 Å². The van der Waals surface area contributed by atoms with Gasteiger partial charge in [-0.3, -0.25) is 9.88 Å². The molecule has 0 atom stereocenters. The lowest BCUT2D eigenvalue weighted by Gasteiger charge is -2.14. The number of alkyl halides is 6. The molecule has 0 fully saturated rings. The number of aliphatic imine (C=N–C) groups is 1. The van der Waals surface area contributed by atoms with Crippen LogP contribution in [0, 0.1) is 16.4 Å². The van der Waals surface area contributed by atoms with Crippen molar-refractivity contribution in [1.82, 2.24) is 35.8 Å². The van der Waals surface area contributed by atoms with E-state index in [4.69, 9.17) is 12.2 Å². The van der Waals surface area contributed by atoms with Crippen molar-refractivity contribution in [1.29, 1.82) is 0 Å². The predicted octanol–water partition coefficient (Wildman–Crippen LogP) is 4.18. The minimum absolute atomic E-state index is 0.0172. The first-order valence-corrected chi connectivity index (χ1v) is 11.1. The van der Waals surface area contributed by atoms with Gasteiger partial charge in [0.1, 0.15) is 11.6 Å². The molecule has 206 valence electrons. The quantitative estimate of drug-likeness (QED) is 0.0559. The van der Waals surface area contributed by atoms with Crippen LogP contribution in [-0.2, 0) is 12.8 Å². The number of hydrazine groups is 1. The fraction of sp³-hybridized carbons (Fsp3) is 0.286. The number of amidine groups is 1. The SMILES string of the molecule is Fc1ccc(N=C(NNCNCCNCn2nc(C(F)(F)F)n(-c3ccc(F)cc3)c2=S)C(F)(F)F)cc1. The summed E-state index contributed by atoms with van der Waals surface area (Å²) in [6, 6.07) is 8.37. The van der Waals surface area contributed by atoms with E-state index in [0.717, 1.165) is 53.2 Å². The molecule has 0 unspecified atom stereocenters. The molecule has 0 aliphatic heterocycles. The van der Waals surface area contributed by atoms with Gasteiger partial charge in [0, 0.05) is 13.1 Å². The third-order valence-electron chi connectivity index (χ3n) is 4.67. The second-order valence-electron chi connectivity index (χ2n) is 7.49. The van der Waals surface area contributed by atoms with Gasteiger partial charge in [0.25, 0.3) is 0 Å². The van der Waals surface area contributed by atoms with Gasteiger partial charge >= 0.3 is 12.4 Å². The zero-order valence-corrected chi connectivity index (χ0v) is 20.0. The zero-order chi connectivity index (χ0) is 27.9. The van der Waals surface area contributed by atoms with Gasteiger partial charge < -0.3 is 10.7 Å². The molecule has 0 aliphatic rings. The van der Waals surface area contributed by atoms with Crippen LogP contribution < -0.4 is 21.5 Å². The summed E-state index contributed by atoms with van der Waals surface area (Å²) < 4.78 is 107. The molecule has 0 saturated heterocycles. The van der Waals surface area contributed by atoms with Crippen LogP contribution >= 0.6 is 12.2 Å². The van der Waals surface area contributed by atoms with Gasteiger partial charge in [-0.1, -0.05) is 0 Å². The van der Waals surface area contributed by atoms with Crippen LogP contribution in [0.25, 0.3) is 5.69 Å². The minimum atomic E-state index is -4.83. The van der Waals surface area contributed by atoms with Gasteiger partial charge in [-0.15, -0.1) is 5.10 Å². The molecule has 8 nitrogen and oxygen atoms in total. The summed E-state index contributed by atoms with van der Waals surface area (Å²) in [5.74, 6) is -3.89. The summed E-state index contributed by atoms with van der Waals surface area (Å²) in [6.45, 7) is 0.0380. The third kappa shape index (κ3) is 8.04. The lowest BCUT2D eigenvalue weighted by molar-refractivity contribution is -0.146. The van der Waals surface area contributed by atoms with E-state index in [2.05, 4.69) is 26.2 Å². The molecule has 38 heavy (non-hydrogen) atoms. The Bertz CT molecular complexity index is 1280. The maximum Gasteiger partial charge on any atom is 0.452 e. The maximum absolute atomic E-state index is 13.5. The highest BCUT2D eigenvalue weighted by Gasteiger charge is 2.39. The molecule has 0 saturated carbocycles. The Kier molecular flexibility index (Phi) is 9.53. The Hall–Kier alpha value is -3.41. The Labute approximate surface area is 215 Å². The van der Waals surface area contributed by atoms with Crippen LogP contribution in [0.4, 0.5) is 40.8 Å². The Morgan fingerprint density at radius 2 is 1.45 bits per heavy atom. The highest BCUT2D eigenvalue weighted by atomic mass is 32.1. The molecule has 1 heterocycles. The van der Waals surface area contributed by atoms with Crippen LogP contribution in [0.1, 0.15) is 5.82 Å². The molecule has 0 bridgehead atoms. The van der Waals surface area contributed by atoms with E-state index in [1.165, 1.54) is 0 Å². The van der Waals surface area contributed by atoms with Crippen LogP contribution in [0.5, 0.6) is 0 Å². The molecule has 0 aliphatic carbocycles. The number of aromatic nitrogens is 3. The Balaban J connectivity index is 1.49. The number of halogens is 8. The monoisotopic (exact) mass is 568 g/mol. The molecule has 4 N–H and O–H groups in total. The lowest BCUT2D eigenvalue weighted by Crippen LogP contribution is -2.49. The van der Waals surface area contributed by atoms with Gasteiger partial charge in [-0.05, 0) is 60.7 Å². The molecular formula is C21H20F8N8S. The summed E-state index contributed by atoms with van der Waals surface area (Å²) in [5, 5.41) is 9.08. The number of nitrogens with zero attached hydrogens (tertiary/aromatic N) is 4. The van der Waals surface area contributed by atoms with Crippen LogP contribution in [0.2, 0.25) is 0 Å². The highest BCUT2D eigenvalue weighted by molar-refractivity contribution is 7.71. The van der Waals surface area contributed by atoms with E-state index < -0.39 is 35.6 Å². The van der Waals surface area contributed by atoms with Crippen LogP contribution in [0.15, 0.2) is 53.5 Å². The van der Waals surface area contributed by atoms with Crippen molar-refractivity contribution >= 4 is 23.7 Å². The molecule has 0 spiro atoms.